The van der Waals surface area contributed by atoms with Gasteiger partial charge in [0.25, 0.3) is 11.7 Å². The van der Waals surface area contributed by atoms with Crippen molar-refractivity contribution in [3.8, 4) is 0 Å². The van der Waals surface area contributed by atoms with Crippen LogP contribution in [0.15, 0.2) is 24.3 Å². The lowest BCUT2D eigenvalue weighted by molar-refractivity contribution is -0.136. The molecule has 1 aromatic rings. The molecule has 5 heteroatoms. The third kappa shape index (κ3) is 1.38. The van der Waals surface area contributed by atoms with Crippen LogP contribution in [0.25, 0.3) is 0 Å². The first-order valence-electron chi connectivity index (χ1n) is 4.28. The molecule has 0 unspecified atom stereocenters. The number of ketones is 1. The number of carboxylic acids is 1. The topological polar surface area (TPSA) is 74.7 Å². The third-order valence-electron chi connectivity index (χ3n) is 2.17. The van der Waals surface area contributed by atoms with E-state index in [4.69, 9.17) is 5.11 Å². The highest BCUT2D eigenvalue weighted by molar-refractivity contribution is 6.52. The number of benzene rings is 1. The fourth-order valence-corrected chi connectivity index (χ4v) is 1.54. The zero-order valence-electron chi connectivity index (χ0n) is 7.64. The summed E-state index contributed by atoms with van der Waals surface area (Å²) >= 11 is 0. The van der Waals surface area contributed by atoms with Crippen LogP contribution in [0.2, 0.25) is 0 Å². The third-order valence-corrected chi connectivity index (χ3v) is 2.17. The minimum atomic E-state index is -1.15. The van der Waals surface area contributed by atoms with E-state index in [0.29, 0.717) is 5.69 Å². The Hall–Kier alpha value is -2.17. The number of hydrogen-bond donors (Lipinski definition) is 1. The number of carboxylic acid groups (broad SMARTS) is 1. The van der Waals surface area contributed by atoms with Crippen molar-refractivity contribution in [2.24, 2.45) is 0 Å². The number of Topliss-reactive ketones (excluding diaryl/α,β-unsaturated/α-hetero) is 1. The Labute approximate surface area is 84.9 Å². The van der Waals surface area contributed by atoms with Gasteiger partial charge in [0.2, 0.25) is 0 Å². The van der Waals surface area contributed by atoms with Gasteiger partial charge in [-0.05, 0) is 12.1 Å². The summed E-state index contributed by atoms with van der Waals surface area (Å²) in [5.41, 5.74) is 0.638. The number of carbonyl (C=O) groups excluding carboxylic acids is 2. The second kappa shape index (κ2) is 3.20. The van der Waals surface area contributed by atoms with Gasteiger partial charge in [0.1, 0.15) is 6.54 Å². The average Bonchev–Trinajstić information content (AvgIpc) is 2.44. The number of fused-ring (bicyclic) bond motifs is 1. The number of anilines is 1. The van der Waals surface area contributed by atoms with Crippen molar-refractivity contribution in [1.29, 1.82) is 0 Å². The van der Waals surface area contributed by atoms with Crippen LogP contribution < -0.4 is 4.90 Å². The summed E-state index contributed by atoms with van der Waals surface area (Å²) in [5.74, 6) is -2.57. The molecule has 0 fully saturated rings. The summed E-state index contributed by atoms with van der Waals surface area (Å²) in [6, 6.07) is 6.35. The van der Waals surface area contributed by atoms with Gasteiger partial charge in [0, 0.05) is 0 Å². The molecule has 1 aromatic carbocycles. The number of carbonyl (C=O) groups is 3. The molecule has 0 aromatic heterocycles. The highest BCUT2D eigenvalue weighted by Gasteiger charge is 2.36. The molecule has 1 N–H and O–H groups in total. The SMILES string of the molecule is O=C(O)CN1C(=O)C(=O)c2ccccc21. The molecule has 0 atom stereocenters. The van der Waals surface area contributed by atoms with Gasteiger partial charge < -0.3 is 5.11 Å². The Balaban J connectivity index is 2.47. The Bertz CT molecular complexity index is 466. The fourth-order valence-electron chi connectivity index (χ4n) is 1.54. The minimum absolute atomic E-state index is 0.267. The van der Waals surface area contributed by atoms with E-state index < -0.39 is 24.2 Å². The van der Waals surface area contributed by atoms with Crippen LogP contribution in [-0.4, -0.2) is 29.3 Å². The van der Waals surface area contributed by atoms with Crippen LogP contribution in [0, 0.1) is 0 Å². The Kier molecular flexibility index (Phi) is 2.00. The molecule has 0 saturated heterocycles. The fraction of sp³-hybridized carbons (Fsp3) is 0.100. The lowest BCUT2D eigenvalue weighted by Gasteiger charge is -2.12. The van der Waals surface area contributed by atoms with Crippen molar-refractivity contribution in [3.63, 3.8) is 0 Å². The maximum atomic E-state index is 11.4. The molecule has 5 nitrogen and oxygen atoms in total. The van der Waals surface area contributed by atoms with E-state index in [2.05, 4.69) is 0 Å². The molecule has 0 bridgehead atoms. The van der Waals surface area contributed by atoms with Crippen LogP contribution in [0.5, 0.6) is 0 Å². The Morgan fingerprint density at radius 2 is 1.93 bits per heavy atom. The van der Waals surface area contributed by atoms with Gasteiger partial charge in [0.15, 0.2) is 0 Å². The maximum absolute atomic E-state index is 11.4. The van der Waals surface area contributed by atoms with Crippen LogP contribution in [0.4, 0.5) is 5.69 Å². The van der Waals surface area contributed by atoms with Crippen molar-refractivity contribution < 1.29 is 19.5 Å². The number of aliphatic carboxylic acids is 1. The van der Waals surface area contributed by atoms with E-state index in [0.717, 1.165) is 4.90 Å². The van der Waals surface area contributed by atoms with Crippen molar-refractivity contribution in [2.75, 3.05) is 11.4 Å². The van der Waals surface area contributed by atoms with Crippen LogP contribution in [0.3, 0.4) is 0 Å². The molecule has 1 aliphatic rings. The zero-order valence-corrected chi connectivity index (χ0v) is 7.64. The first kappa shape index (κ1) is 9.39. The first-order valence-corrected chi connectivity index (χ1v) is 4.28. The maximum Gasteiger partial charge on any atom is 0.323 e. The zero-order chi connectivity index (χ0) is 11.0. The van der Waals surface area contributed by atoms with Gasteiger partial charge in [-0.2, -0.15) is 0 Å². The van der Waals surface area contributed by atoms with Crippen LogP contribution in [0.1, 0.15) is 10.4 Å². The molecule has 1 amide bonds. The number of hydrogen-bond acceptors (Lipinski definition) is 3. The van der Waals surface area contributed by atoms with E-state index >= 15 is 0 Å². The average molecular weight is 205 g/mol. The Morgan fingerprint density at radius 1 is 1.27 bits per heavy atom. The van der Waals surface area contributed by atoms with Crippen LogP contribution >= 0.6 is 0 Å². The van der Waals surface area contributed by atoms with E-state index in [1.165, 1.54) is 6.07 Å². The molecular weight excluding hydrogens is 198 g/mol. The molecule has 15 heavy (non-hydrogen) atoms. The number of nitrogens with zero attached hydrogens (tertiary/aromatic N) is 1. The smallest absolute Gasteiger partial charge is 0.323 e. The van der Waals surface area contributed by atoms with Gasteiger partial charge in [-0.1, -0.05) is 12.1 Å². The van der Waals surface area contributed by atoms with Crippen molar-refractivity contribution in [1.82, 2.24) is 0 Å². The number of amides is 1. The van der Waals surface area contributed by atoms with E-state index in [1.807, 2.05) is 0 Å². The first-order chi connectivity index (χ1) is 7.11. The highest BCUT2D eigenvalue weighted by Crippen LogP contribution is 2.27. The predicted octanol–water partition coefficient (Wildman–Crippen LogP) is 0.300. The number of para-hydroxylation sites is 1. The van der Waals surface area contributed by atoms with Crippen molar-refractivity contribution in [3.05, 3.63) is 29.8 Å². The van der Waals surface area contributed by atoms with E-state index in [1.54, 1.807) is 18.2 Å². The van der Waals surface area contributed by atoms with Gasteiger partial charge in [-0.15, -0.1) is 0 Å². The summed E-state index contributed by atoms with van der Waals surface area (Å²) in [7, 11) is 0. The molecule has 0 spiro atoms. The van der Waals surface area contributed by atoms with E-state index in [-0.39, 0.29) is 5.56 Å². The number of rotatable bonds is 2. The summed E-state index contributed by atoms with van der Waals surface area (Å²) in [6.45, 7) is -0.485. The molecular formula is C10H7NO4. The lowest BCUT2D eigenvalue weighted by atomic mass is 10.1. The molecule has 1 heterocycles. The summed E-state index contributed by atoms with van der Waals surface area (Å²) in [4.78, 5) is 34.3. The van der Waals surface area contributed by atoms with Gasteiger partial charge in [-0.25, -0.2) is 0 Å². The normalized spacial score (nSPS) is 14.3. The van der Waals surface area contributed by atoms with Crippen molar-refractivity contribution in [2.45, 2.75) is 0 Å². The largest absolute Gasteiger partial charge is 0.480 e. The van der Waals surface area contributed by atoms with Crippen LogP contribution in [-0.2, 0) is 9.59 Å². The second-order valence-electron chi connectivity index (χ2n) is 3.13. The molecule has 1 aliphatic heterocycles. The van der Waals surface area contributed by atoms with E-state index in [9.17, 15) is 14.4 Å². The monoisotopic (exact) mass is 205 g/mol. The van der Waals surface area contributed by atoms with Gasteiger partial charge in [0.05, 0.1) is 11.3 Å². The summed E-state index contributed by atoms with van der Waals surface area (Å²) < 4.78 is 0. The molecule has 0 radical (unpaired) electrons. The van der Waals surface area contributed by atoms with Crippen molar-refractivity contribution >= 4 is 23.3 Å². The molecule has 2 rings (SSSR count). The summed E-state index contributed by atoms with van der Waals surface area (Å²) in [6.07, 6.45) is 0. The Morgan fingerprint density at radius 3 is 2.60 bits per heavy atom. The predicted molar refractivity (Wildman–Crippen MR) is 50.8 cm³/mol. The second-order valence-corrected chi connectivity index (χ2v) is 3.13. The molecule has 0 aliphatic carbocycles. The standard InChI is InChI=1S/C10H7NO4/c12-8(13)5-11-7-4-2-1-3-6(7)9(14)10(11)15/h1-4H,5H2,(H,12,13). The van der Waals surface area contributed by atoms with Gasteiger partial charge in [-0.3, -0.25) is 19.3 Å². The minimum Gasteiger partial charge on any atom is -0.480 e. The van der Waals surface area contributed by atoms with Gasteiger partial charge >= 0.3 is 5.97 Å². The quantitative estimate of drug-likeness (QED) is 0.704. The summed E-state index contributed by atoms with van der Waals surface area (Å²) in [5, 5.41) is 8.60. The molecule has 76 valence electrons. The highest BCUT2D eigenvalue weighted by atomic mass is 16.4. The molecule has 0 saturated carbocycles. The lowest BCUT2D eigenvalue weighted by Crippen LogP contribution is -2.34.